The molecule has 1 fully saturated rings. The van der Waals surface area contributed by atoms with Crippen molar-refractivity contribution in [2.24, 2.45) is 10.8 Å². The van der Waals surface area contributed by atoms with Crippen LogP contribution in [0.3, 0.4) is 0 Å². The quantitative estimate of drug-likeness (QED) is 0.375. The van der Waals surface area contributed by atoms with Crippen LogP contribution in [0.1, 0.15) is 46.7 Å². The van der Waals surface area contributed by atoms with Crippen LogP contribution >= 0.6 is 12.2 Å². The molecular weight excluding hydrogens is 366 g/mol. The Bertz CT molecular complexity index is 725. The van der Waals surface area contributed by atoms with Gasteiger partial charge >= 0.3 is 0 Å². The molecule has 1 amide bonds. The molecule has 1 aliphatic heterocycles. The molecule has 1 aromatic rings. The number of hydrazone groups is 1. The number of carbonyl (C=O) groups is 1. The Balaban J connectivity index is 1.59. The van der Waals surface area contributed by atoms with Crippen molar-refractivity contribution in [2.75, 3.05) is 39.4 Å². The first-order chi connectivity index (χ1) is 13.1. The Labute approximate surface area is 164 Å². The van der Waals surface area contributed by atoms with E-state index < -0.39 is 0 Å². The van der Waals surface area contributed by atoms with Crippen LogP contribution in [0.15, 0.2) is 9.52 Å². The van der Waals surface area contributed by atoms with E-state index in [-0.39, 0.29) is 11.0 Å². The van der Waals surface area contributed by atoms with Gasteiger partial charge in [0.1, 0.15) is 5.76 Å². The number of furan rings is 1. The molecule has 148 valence electrons. The minimum atomic E-state index is -0.175. The predicted molar refractivity (Wildman–Crippen MR) is 107 cm³/mol. The van der Waals surface area contributed by atoms with Crippen LogP contribution in [-0.2, 0) is 11.2 Å². The number of nitrogens with two attached hydrogens (primary N) is 1. The molecule has 2 heterocycles. The maximum absolute atomic E-state index is 12.6. The highest BCUT2D eigenvalue weighted by atomic mass is 32.1. The molecular formula is C18H27N5O3S. The molecule has 9 heteroatoms. The van der Waals surface area contributed by atoms with Crippen molar-refractivity contribution in [2.45, 2.75) is 32.6 Å². The number of fused-ring (bicyclic) bond motifs is 1. The van der Waals surface area contributed by atoms with Crippen LogP contribution in [0, 0.1) is 6.92 Å². The highest BCUT2D eigenvalue weighted by Crippen LogP contribution is 2.29. The van der Waals surface area contributed by atoms with Crippen LogP contribution in [-0.4, -0.2) is 61.0 Å². The van der Waals surface area contributed by atoms with Crippen molar-refractivity contribution < 1.29 is 13.9 Å². The third-order valence-corrected chi connectivity index (χ3v) is 4.96. The van der Waals surface area contributed by atoms with Gasteiger partial charge in [0.05, 0.1) is 18.9 Å². The first kappa shape index (κ1) is 19.8. The van der Waals surface area contributed by atoms with Gasteiger partial charge in [-0.3, -0.25) is 15.1 Å². The second kappa shape index (κ2) is 9.29. The van der Waals surface area contributed by atoms with Gasteiger partial charge in [-0.2, -0.15) is 5.10 Å². The summed E-state index contributed by atoms with van der Waals surface area (Å²) >= 11 is 4.81. The molecule has 0 bridgehead atoms. The van der Waals surface area contributed by atoms with Crippen LogP contribution in [0.2, 0.25) is 0 Å². The molecule has 0 aromatic carbocycles. The Morgan fingerprint density at radius 2 is 2.11 bits per heavy atom. The number of morpholine rings is 1. The number of amides is 1. The Morgan fingerprint density at radius 1 is 1.33 bits per heavy atom. The lowest BCUT2D eigenvalue weighted by atomic mass is 9.93. The molecule has 27 heavy (non-hydrogen) atoms. The van der Waals surface area contributed by atoms with E-state index >= 15 is 0 Å². The molecule has 8 nitrogen and oxygen atoms in total. The van der Waals surface area contributed by atoms with Crippen molar-refractivity contribution in [1.82, 2.24) is 15.6 Å². The number of nitrogens with one attached hydrogen (secondary N) is 2. The van der Waals surface area contributed by atoms with E-state index in [0.29, 0.717) is 12.3 Å². The van der Waals surface area contributed by atoms with E-state index in [1.165, 1.54) is 0 Å². The highest BCUT2D eigenvalue weighted by Gasteiger charge is 2.27. The van der Waals surface area contributed by atoms with Crippen molar-refractivity contribution >= 4 is 28.9 Å². The monoisotopic (exact) mass is 393 g/mol. The third-order valence-electron chi connectivity index (χ3n) is 4.87. The summed E-state index contributed by atoms with van der Waals surface area (Å²) in [7, 11) is 0. The van der Waals surface area contributed by atoms with Crippen LogP contribution < -0.4 is 16.5 Å². The van der Waals surface area contributed by atoms with Crippen molar-refractivity contribution in [1.29, 1.82) is 0 Å². The zero-order valence-electron chi connectivity index (χ0n) is 15.7. The first-order valence-corrected chi connectivity index (χ1v) is 9.80. The van der Waals surface area contributed by atoms with Gasteiger partial charge in [-0.15, -0.1) is 0 Å². The predicted octanol–water partition coefficient (Wildman–Crippen LogP) is 0.914. The fraction of sp³-hybridized carbons (Fsp3) is 0.611. The van der Waals surface area contributed by atoms with Crippen LogP contribution in [0.4, 0.5) is 0 Å². The molecule has 1 aliphatic carbocycles. The largest absolute Gasteiger partial charge is 0.455 e. The van der Waals surface area contributed by atoms with E-state index in [2.05, 4.69) is 20.7 Å². The van der Waals surface area contributed by atoms with Gasteiger partial charge in [0.2, 0.25) is 0 Å². The van der Waals surface area contributed by atoms with Gasteiger partial charge in [-0.05, 0) is 44.9 Å². The molecule has 3 rings (SSSR count). The summed E-state index contributed by atoms with van der Waals surface area (Å²) in [6.45, 7) is 6.96. The first-order valence-electron chi connectivity index (χ1n) is 9.39. The van der Waals surface area contributed by atoms with Gasteiger partial charge < -0.3 is 20.2 Å². The fourth-order valence-electron chi connectivity index (χ4n) is 3.53. The number of nitrogens with zero attached hydrogens (tertiary/aromatic N) is 2. The van der Waals surface area contributed by atoms with E-state index in [0.717, 1.165) is 81.1 Å². The summed E-state index contributed by atoms with van der Waals surface area (Å²) in [5.41, 5.74) is 10.6. The molecule has 0 radical (unpaired) electrons. The topological polar surface area (TPSA) is 105 Å². The van der Waals surface area contributed by atoms with Crippen molar-refractivity contribution in [3.05, 3.63) is 22.6 Å². The van der Waals surface area contributed by atoms with Gasteiger partial charge in [0, 0.05) is 37.2 Å². The van der Waals surface area contributed by atoms with Gasteiger partial charge in [0.25, 0.3) is 5.91 Å². The summed E-state index contributed by atoms with van der Waals surface area (Å²) in [5.74, 6) is 1.00. The summed E-state index contributed by atoms with van der Waals surface area (Å²) < 4.78 is 11.2. The number of thiocarbonyl (C=S) groups is 1. The summed E-state index contributed by atoms with van der Waals surface area (Å²) in [6, 6.07) is 0. The number of aryl methyl sites for hydroxylation is 1. The van der Waals surface area contributed by atoms with E-state index in [1.807, 2.05) is 6.92 Å². The Hall–Kier alpha value is -1.97. The maximum atomic E-state index is 12.6. The minimum Gasteiger partial charge on any atom is -0.455 e. The van der Waals surface area contributed by atoms with Gasteiger partial charge in [0.15, 0.2) is 10.9 Å². The Kier molecular flexibility index (Phi) is 6.81. The smallest absolute Gasteiger partial charge is 0.287 e. The summed E-state index contributed by atoms with van der Waals surface area (Å²) in [4.78, 5) is 14.9. The third kappa shape index (κ3) is 5.06. The molecule has 0 unspecified atom stereocenters. The molecule has 0 atom stereocenters. The number of carbonyl (C=O) groups excluding carboxylic acids is 1. The number of rotatable bonds is 6. The highest BCUT2D eigenvalue weighted by molar-refractivity contribution is 7.80. The van der Waals surface area contributed by atoms with Crippen LogP contribution in [0.5, 0.6) is 0 Å². The lowest BCUT2D eigenvalue weighted by Crippen LogP contribution is -2.38. The molecule has 0 saturated carbocycles. The number of ether oxygens (including phenoxy) is 1. The molecule has 2 aliphatic rings. The van der Waals surface area contributed by atoms with Crippen molar-refractivity contribution in [3.63, 3.8) is 0 Å². The maximum Gasteiger partial charge on any atom is 0.287 e. The summed E-state index contributed by atoms with van der Waals surface area (Å²) in [6.07, 6.45) is 3.41. The zero-order chi connectivity index (χ0) is 19.2. The number of hydrogen-bond donors (Lipinski definition) is 3. The second-order valence-electron chi connectivity index (χ2n) is 6.81. The SMILES string of the molecule is Cc1c(C(=O)NCCCN2CCOCC2)oc2c1/C(=N/NC(N)=S)CCC2. The second-order valence-corrected chi connectivity index (χ2v) is 7.25. The zero-order valence-corrected chi connectivity index (χ0v) is 16.5. The van der Waals surface area contributed by atoms with E-state index in [4.69, 9.17) is 27.1 Å². The van der Waals surface area contributed by atoms with Gasteiger partial charge in [-0.1, -0.05) is 0 Å². The molecule has 0 spiro atoms. The Morgan fingerprint density at radius 3 is 2.85 bits per heavy atom. The molecule has 1 aromatic heterocycles. The average Bonchev–Trinajstić information content (AvgIpc) is 3.01. The fourth-order valence-corrected chi connectivity index (χ4v) is 3.57. The lowest BCUT2D eigenvalue weighted by Gasteiger charge is -2.26. The minimum absolute atomic E-state index is 0.119. The number of hydrogen-bond acceptors (Lipinski definition) is 6. The van der Waals surface area contributed by atoms with Gasteiger partial charge in [-0.25, -0.2) is 0 Å². The standard InChI is InChI=1S/C18H27N5O3S/c1-12-15-13(21-22-18(19)27)4-2-5-14(15)26-16(12)17(24)20-6-3-7-23-8-10-25-11-9-23/h2-11H2,1H3,(H,20,24)(H3,19,22,27)/b21-13+. The molecule has 1 saturated heterocycles. The van der Waals surface area contributed by atoms with Crippen LogP contribution in [0.25, 0.3) is 0 Å². The average molecular weight is 394 g/mol. The summed E-state index contributed by atoms with van der Waals surface area (Å²) in [5, 5.41) is 7.36. The van der Waals surface area contributed by atoms with E-state index in [9.17, 15) is 4.79 Å². The normalized spacial score (nSPS) is 18.9. The van der Waals surface area contributed by atoms with Crippen molar-refractivity contribution in [3.8, 4) is 0 Å². The van der Waals surface area contributed by atoms with E-state index in [1.54, 1.807) is 0 Å². The lowest BCUT2D eigenvalue weighted by molar-refractivity contribution is 0.0374. The molecule has 4 N–H and O–H groups in total.